The summed E-state index contributed by atoms with van der Waals surface area (Å²) in [4.78, 5) is 0. The fourth-order valence-electron chi connectivity index (χ4n) is 0.978. The zero-order chi connectivity index (χ0) is 10.9. The molecular weight excluding hydrogens is 224 g/mol. The number of rotatable bonds is 1. The summed E-state index contributed by atoms with van der Waals surface area (Å²) in [7, 11) is 1.04. The summed E-state index contributed by atoms with van der Waals surface area (Å²) in [5, 5.41) is -0.403. The minimum atomic E-state index is -4.68. The van der Waals surface area contributed by atoms with Gasteiger partial charge in [0.25, 0.3) is 0 Å². The van der Waals surface area contributed by atoms with Gasteiger partial charge in [0.05, 0.1) is 12.1 Å². The summed E-state index contributed by atoms with van der Waals surface area (Å²) in [5.74, 6) is -1.62. The second-order valence-electron chi connectivity index (χ2n) is 2.47. The Kier molecular flexibility index (Phi) is 2.89. The number of halogens is 5. The average Bonchev–Trinajstić information content (AvgIpc) is 2.01. The molecule has 0 aliphatic rings. The Labute approximate surface area is 82.2 Å². The van der Waals surface area contributed by atoms with E-state index in [4.69, 9.17) is 11.6 Å². The van der Waals surface area contributed by atoms with Crippen LogP contribution in [0.3, 0.4) is 0 Å². The largest absolute Gasteiger partial charge is 0.495 e. The Hall–Kier alpha value is -0.970. The average molecular weight is 229 g/mol. The summed E-state index contributed by atoms with van der Waals surface area (Å²) < 4.78 is 53.9. The lowest BCUT2D eigenvalue weighted by Gasteiger charge is -2.12. The molecule has 78 valence electrons. The molecule has 0 bridgehead atoms. The van der Waals surface area contributed by atoms with Crippen molar-refractivity contribution in [3.63, 3.8) is 0 Å². The van der Waals surface area contributed by atoms with E-state index >= 15 is 0 Å². The monoisotopic (exact) mass is 228 g/mol. The molecule has 1 nitrogen and oxygen atoms in total. The summed E-state index contributed by atoms with van der Waals surface area (Å²) >= 11 is 5.38. The predicted molar refractivity (Wildman–Crippen MR) is 43.0 cm³/mol. The molecule has 14 heavy (non-hydrogen) atoms. The normalized spacial score (nSPS) is 11.6. The summed E-state index contributed by atoms with van der Waals surface area (Å²) in [6, 6.07) is 1.10. The first-order valence-electron chi connectivity index (χ1n) is 3.46. The number of ether oxygens (including phenoxy) is 1. The number of methoxy groups -OCH3 is 1. The number of hydrogen-bond donors (Lipinski definition) is 0. The van der Waals surface area contributed by atoms with Crippen molar-refractivity contribution >= 4 is 11.6 Å². The van der Waals surface area contributed by atoms with Gasteiger partial charge in [-0.15, -0.1) is 0 Å². The van der Waals surface area contributed by atoms with E-state index < -0.39 is 28.3 Å². The zero-order valence-electron chi connectivity index (χ0n) is 6.95. The highest BCUT2D eigenvalue weighted by Crippen LogP contribution is 2.40. The molecule has 0 N–H and O–H groups in total. The highest BCUT2D eigenvalue weighted by atomic mass is 35.5. The van der Waals surface area contributed by atoms with Crippen LogP contribution in [-0.2, 0) is 6.18 Å². The Morgan fingerprint density at radius 2 is 1.86 bits per heavy atom. The molecule has 6 heteroatoms. The van der Waals surface area contributed by atoms with E-state index in [-0.39, 0.29) is 0 Å². The highest BCUT2D eigenvalue weighted by molar-refractivity contribution is 6.32. The van der Waals surface area contributed by atoms with Gasteiger partial charge >= 0.3 is 6.18 Å². The molecule has 0 heterocycles. The smallest absolute Gasteiger partial charge is 0.420 e. The zero-order valence-corrected chi connectivity index (χ0v) is 7.71. The molecule has 0 saturated carbocycles. The third kappa shape index (κ3) is 2.09. The molecular formula is C8H5ClF4O. The maximum Gasteiger partial charge on any atom is 0.420 e. The standard InChI is InChI=1S/C8H5ClF4O/c1-14-7-5(8(11,12)13)2-4(10)3-6(7)9/h2-3H,1H3. The first kappa shape index (κ1) is 11.1. The van der Waals surface area contributed by atoms with Crippen LogP contribution < -0.4 is 4.74 Å². The lowest BCUT2D eigenvalue weighted by Crippen LogP contribution is -2.08. The van der Waals surface area contributed by atoms with Gasteiger partial charge in [-0.25, -0.2) is 4.39 Å². The number of alkyl halides is 3. The van der Waals surface area contributed by atoms with Crippen molar-refractivity contribution in [1.29, 1.82) is 0 Å². The van der Waals surface area contributed by atoms with Crippen LogP contribution in [0.2, 0.25) is 5.02 Å². The number of benzene rings is 1. The van der Waals surface area contributed by atoms with Gasteiger partial charge in [0, 0.05) is 0 Å². The SMILES string of the molecule is COc1c(Cl)cc(F)cc1C(F)(F)F. The fraction of sp³-hybridized carbons (Fsp3) is 0.250. The van der Waals surface area contributed by atoms with Crippen molar-refractivity contribution in [2.45, 2.75) is 6.18 Å². The van der Waals surface area contributed by atoms with Gasteiger partial charge in [-0.2, -0.15) is 13.2 Å². The Balaban J connectivity index is 3.40. The molecule has 0 unspecified atom stereocenters. The second-order valence-corrected chi connectivity index (χ2v) is 2.87. The first-order chi connectivity index (χ1) is 6.36. The molecule has 0 saturated heterocycles. The van der Waals surface area contributed by atoms with E-state index in [1.165, 1.54) is 0 Å². The van der Waals surface area contributed by atoms with Crippen LogP contribution >= 0.6 is 11.6 Å². The van der Waals surface area contributed by atoms with Crippen molar-refractivity contribution in [2.75, 3.05) is 7.11 Å². The van der Waals surface area contributed by atoms with E-state index in [9.17, 15) is 17.6 Å². The van der Waals surface area contributed by atoms with E-state index in [0.717, 1.165) is 13.2 Å². The molecule has 0 spiro atoms. The molecule has 1 aromatic rings. The van der Waals surface area contributed by atoms with Gasteiger partial charge < -0.3 is 4.74 Å². The molecule has 1 rings (SSSR count). The van der Waals surface area contributed by atoms with Crippen molar-refractivity contribution in [1.82, 2.24) is 0 Å². The minimum absolute atomic E-state index is 0.338. The van der Waals surface area contributed by atoms with Gasteiger partial charge in [-0.1, -0.05) is 11.6 Å². The van der Waals surface area contributed by atoms with E-state index in [1.807, 2.05) is 0 Å². The third-order valence-corrected chi connectivity index (χ3v) is 1.80. The molecule has 0 atom stereocenters. The Morgan fingerprint density at radius 3 is 2.29 bits per heavy atom. The molecule has 0 radical (unpaired) electrons. The second kappa shape index (κ2) is 3.65. The van der Waals surface area contributed by atoms with Crippen LogP contribution in [0.1, 0.15) is 5.56 Å². The first-order valence-corrected chi connectivity index (χ1v) is 3.84. The quantitative estimate of drug-likeness (QED) is 0.669. The summed E-state index contributed by atoms with van der Waals surface area (Å²) in [6.45, 7) is 0. The molecule has 1 aromatic carbocycles. The van der Waals surface area contributed by atoms with Crippen LogP contribution in [-0.4, -0.2) is 7.11 Å². The highest BCUT2D eigenvalue weighted by Gasteiger charge is 2.35. The van der Waals surface area contributed by atoms with Crippen LogP contribution in [0.25, 0.3) is 0 Å². The number of hydrogen-bond acceptors (Lipinski definition) is 1. The van der Waals surface area contributed by atoms with Crippen LogP contribution in [0.5, 0.6) is 5.75 Å². The Bertz CT molecular complexity index is 348. The van der Waals surface area contributed by atoms with Gasteiger partial charge in [0.1, 0.15) is 17.1 Å². The van der Waals surface area contributed by atoms with Crippen LogP contribution in [0, 0.1) is 5.82 Å². The fourth-order valence-corrected chi connectivity index (χ4v) is 1.26. The van der Waals surface area contributed by atoms with Gasteiger partial charge in [-0.05, 0) is 12.1 Å². The lowest BCUT2D eigenvalue weighted by molar-refractivity contribution is -0.138. The van der Waals surface area contributed by atoms with Gasteiger partial charge in [0.2, 0.25) is 0 Å². The van der Waals surface area contributed by atoms with Crippen LogP contribution in [0.15, 0.2) is 12.1 Å². The van der Waals surface area contributed by atoms with Crippen molar-refractivity contribution in [3.05, 3.63) is 28.5 Å². The van der Waals surface area contributed by atoms with Crippen molar-refractivity contribution in [2.24, 2.45) is 0 Å². The molecule has 0 aliphatic carbocycles. The molecule has 0 fully saturated rings. The topological polar surface area (TPSA) is 9.23 Å². The molecule has 0 aromatic heterocycles. The maximum absolute atomic E-state index is 12.6. The molecule has 0 aliphatic heterocycles. The predicted octanol–water partition coefficient (Wildman–Crippen LogP) is 3.51. The maximum atomic E-state index is 12.6. The van der Waals surface area contributed by atoms with Crippen molar-refractivity contribution in [3.8, 4) is 5.75 Å². The van der Waals surface area contributed by atoms with Gasteiger partial charge in [0.15, 0.2) is 0 Å². The summed E-state index contributed by atoms with van der Waals surface area (Å²) in [5.41, 5.74) is -1.22. The third-order valence-electron chi connectivity index (χ3n) is 1.52. The lowest BCUT2D eigenvalue weighted by atomic mass is 10.2. The van der Waals surface area contributed by atoms with E-state index in [1.54, 1.807) is 0 Å². The Morgan fingerprint density at radius 1 is 1.29 bits per heavy atom. The van der Waals surface area contributed by atoms with E-state index in [2.05, 4.69) is 4.74 Å². The summed E-state index contributed by atoms with van der Waals surface area (Å²) in [6.07, 6.45) is -4.68. The van der Waals surface area contributed by atoms with Crippen molar-refractivity contribution < 1.29 is 22.3 Å². The minimum Gasteiger partial charge on any atom is -0.495 e. The van der Waals surface area contributed by atoms with Crippen LogP contribution in [0.4, 0.5) is 17.6 Å². The van der Waals surface area contributed by atoms with Gasteiger partial charge in [-0.3, -0.25) is 0 Å². The van der Waals surface area contributed by atoms with E-state index in [0.29, 0.717) is 6.07 Å². The molecule has 0 amide bonds.